The van der Waals surface area contributed by atoms with Crippen LogP contribution in [0.1, 0.15) is 36.2 Å². The Balaban J connectivity index is 0.00000300. The Kier molecular flexibility index (Phi) is 9.00. The number of nitrogens with zero attached hydrogens (tertiary/aromatic N) is 2. The quantitative estimate of drug-likeness (QED) is 0.338. The van der Waals surface area contributed by atoms with Gasteiger partial charge in [0.1, 0.15) is 17.6 Å². The number of aromatic nitrogens is 1. The lowest BCUT2D eigenvalue weighted by Crippen LogP contribution is -2.38. The molecule has 1 aromatic heterocycles. The second-order valence-electron chi connectivity index (χ2n) is 7.04. The Morgan fingerprint density at radius 1 is 1.31 bits per heavy atom. The number of hydrogen-bond donors (Lipinski definition) is 2. The number of pyridine rings is 1. The smallest absolute Gasteiger partial charge is 0.191 e. The topological polar surface area (TPSA) is 67.8 Å². The summed E-state index contributed by atoms with van der Waals surface area (Å²) in [5, 5.41) is 6.72. The highest BCUT2D eigenvalue weighted by Crippen LogP contribution is 2.35. The Labute approximate surface area is 190 Å². The van der Waals surface area contributed by atoms with Crippen LogP contribution < -0.4 is 20.1 Å². The van der Waals surface area contributed by atoms with Gasteiger partial charge in [-0.3, -0.25) is 9.98 Å². The largest absolute Gasteiger partial charge is 0.494 e. The molecule has 158 valence electrons. The number of halogens is 1. The fourth-order valence-corrected chi connectivity index (χ4v) is 3.28. The fourth-order valence-electron chi connectivity index (χ4n) is 3.28. The molecule has 2 aromatic rings. The number of benzene rings is 1. The second kappa shape index (κ2) is 11.2. The first kappa shape index (κ1) is 23.3. The molecule has 0 saturated heterocycles. The standard InChI is InChI=1S/C22H30N4O2.HI/c1-5-27-20-11-18-10-16(3)28-21(18)12-19(20)14-26-22(23-4)24-9-8-17-7-6-15(2)25-13-17;/h6-7,11-13,16H,5,8-10,14H2,1-4H3,(H2,23,24,26);1H. The molecule has 6 nitrogen and oxygen atoms in total. The number of rotatable bonds is 7. The average Bonchev–Trinajstić information content (AvgIpc) is 3.05. The summed E-state index contributed by atoms with van der Waals surface area (Å²) >= 11 is 0. The van der Waals surface area contributed by atoms with Crippen molar-refractivity contribution in [1.82, 2.24) is 15.6 Å². The van der Waals surface area contributed by atoms with Crippen molar-refractivity contribution >= 4 is 29.9 Å². The normalized spacial score (nSPS) is 15.2. The zero-order chi connectivity index (χ0) is 19.9. The molecule has 0 spiro atoms. The third-order valence-electron chi connectivity index (χ3n) is 4.73. The van der Waals surface area contributed by atoms with Gasteiger partial charge < -0.3 is 20.1 Å². The molecular formula is C22H31IN4O2. The number of aliphatic imine (C=N–C) groups is 1. The molecule has 0 radical (unpaired) electrons. The summed E-state index contributed by atoms with van der Waals surface area (Å²) < 4.78 is 11.8. The zero-order valence-electron chi connectivity index (χ0n) is 17.6. The third kappa shape index (κ3) is 6.48. The van der Waals surface area contributed by atoms with E-state index in [2.05, 4.69) is 45.7 Å². The minimum absolute atomic E-state index is 0. The van der Waals surface area contributed by atoms with Crippen LogP contribution in [0, 0.1) is 6.92 Å². The Hall–Kier alpha value is -2.03. The number of nitrogens with one attached hydrogen (secondary N) is 2. The van der Waals surface area contributed by atoms with Crippen LogP contribution in [0.4, 0.5) is 0 Å². The highest BCUT2D eigenvalue weighted by Gasteiger charge is 2.21. The van der Waals surface area contributed by atoms with Crippen LogP contribution in [-0.4, -0.2) is 37.2 Å². The fraction of sp³-hybridized carbons (Fsp3) is 0.455. The Bertz CT molecular complexity index is 824. The van der Waals surface area contributed by atoms with Crippen molar-refractivity contribution in [2.24, 2.45) is 4.99 Å². The van der Waals surface area contributed by atoms with Crippen molar-refractivity contribution in [3.8, 4) is 11.5 Å². The average molecular weight is 510 g/mol. The van der Waals surface area contributed by atoms with Crippen LogP contribution in [0.2, 0.25) is 0 Å². The molecule has 29 heavy (non-hydrogen) atoms. The van der Waals surface area contributed by atoms with E-state index in [0.29, 0.717) is 13.2 Å². The molecule has 7 heteroatoms. The second-order valence-corrected chi connectivity index (χ2v) is 7.04. The molecular weight excluding hydrogens is 479 g/mol. The van der Waals surface area contributed by atoms with Gasteiger partial charge in [0.2, 0.25) is 0 Å². The van der Waals surface area contributed by atoms with Crippen LogP contribution >= 0.6 is 24.0 Å². The van der Waals surface area contributed by atoms with Crippen molar-refractivity contribution in [1.29, 1.82) is 0 Å². The van der Waals surface area contributed by atoms with Gasteiger partial charge in [0.15, 0.2) is 5.96 Å². The van der Waals surface area contributed by atoms with E-state index in [1.807, 2.05) is 26.1 Å². The predicted molar refractivity (Wildman–Crippen MR) is 128 cm³/mol. The van der Waals surface area contributed by atoms with E-state index in [4.69, 9.17) is 9.47 Å². The van der Waals surface area contributed by atoms with Crippen molar-refractivity contribution in [3.63, 3.8) is 0 Å². The highest BCUT2D eigenvalue weighted by molar-refractivity contribution is 14.0. The number of hydrogen-bond acceptors (Lipinski definition) is 4. The lowest BCUT2D eigenvalue weighted by Gasteiger charge is -2.15. The SMILES string of the molecule is CCOc1cc2c(cc1CNC(=NC)NCCc1ccc(C)nc1)OC(C)C2.I. The van der Waals surface area contributed by atoms with Crippen molar-refractivity contribution in [2.75, 3.05) is 20.2 Å². The van der Waals surface area contributed by atoms with E-state index in [9.17, 15) is 0 Å². The molecule has 1 aliphatic rings. The number of ether oxygens (including phenoxy) is 2. The molecule has 0 bridgehead atoms. The van der Waals surface area contributed by atoms with Crippen LogP contribution in [0.15, 0.2) is 35.5 Å². The van der Waals surface area contributed by atoms with E-state index in [-0.39, 0.29) is 30.1 Å². The van der Waals surface area contributed by atoms with Crippen molar-refractivity contribution < 1.29 is 9.47 Å². The van der Waals surface area contributed by atoms with Gasteiger partial charge in [-0.1, -0.05) is 6.07 Å². The van der Waals surface area contributed by atoms with Crippen LogP contribution in [0.5, 0.6) is 11.5 Å². The van der Waals surface area contributed by atoms with Crippen molar-refractivity contribution in [2.45, 2.75) is 46.3 Å². The third-order valence-corrected chi connectivity index (χ3v) is 4.73. The molecule has 1 atom stereocenters. The first-order valence-electron chi connectivity index (χ1n) is 9.90. The van der Waals surface area contributed by atoms with Gasteiger partial charge >= 0.3 is 0 Å². The van der Waals surface area contributed by atoms with Gasteiger partial charge in [0.25, 0.3) is 0 Å². The molecule has 0 saturated carbocycles. The summed E-state index contributed by atoms with van der Waals surface area (Å²) in [5.74, 6) is 2.63. The molecule has 0 fully saturated rings. The molecule has 0 amide bonds. The Morgan fingerprint density at radius 3 is 2.83 bits per heavy atom. The molecule has 1 unspecified atom stereocenters. The van der Waals surface area contributed by atoms with Gasteiger partial charge in [0.05, 0.1) is 6.61 Å². The Morgan fingerprint density at radius 2 is 2.14 bits per heavy atom. The van der Waals surface area contributed by atoms with Gasteiger partial charge in [0, 0.05) is 49.6 Å². The highest BCUT2D eigenvalue weighted by atomic mass is 127. The first-order valence-corrected chi connectivity index (χ1v) is 9.90. The number of aryl methyl sites for hydroxylation is 1. The van der Waals surface area contributed by atoms with E-state index >= 15 is 0 Å². The molecule has 1 aliphatic heterocycles. The molecule has 0 aliphatic carbocycles. The minimum atomic E-state index is 0. The minimum Gasteiger partial charge on any atom is -0.494 e. The summed E-state index contributed by atoms with van der Waals surface area (Å²) in [6.45, 7) is 8.13. The van der Waals surface area contributed by atoms with E-state index in [0.717, 1.165) is 48.1 Å². The van der Waals surface area contributed by atoms with Crippen molar-refractivity contribution in [3.05, 3.63) is 52.8 Å². The first-order chi connectivity index (χ1) is 13.6. The predicted octanol–water partition coefficient (Wildman–Crippen LogP) is 3.64. The maximum Gasteiger partial charge on any atom is 0.191 e. The molecule has 1 aromatic carbocycles. The van der Waals surface area contributed by atoms with E-state index in [1.54, 1.807) is 7.05 Å². The molecule has 3 rings (SSSR count). The molecule has 2 N–H and O–H groups in total. The lowest BCUT2D eigenvalue weighted by atomic mass is 10.1. The number of fused-ring (bicyclic) bond motifs is 1. The van der Waals surface area contributed by atoms with Crippen LogP contribution in [0.3, 0.4) is 0 Å². The van der Waals surface area contributed by atoms with E-state index < -0.39 is 0 Å². The van der Waals surface area contributed by atoms with E-state index in [1.165, 1.54) is 11.1 Å². The summed E-state index contributed by atoms with van der Waals surface area (Å²) in [6, 6.07) is 8.34. The summed E-state index contributed by atoms with van der Waals surface area (Å²) in [5.41, 5.74) is 4.53. The van der Waals surface area contributed by atoms with Crippen LogP contribution in [-0.2, 0) is 19.4 Å². The monoisotopic (exact) mass is 510 g/mol. The maximum atomic E-state index is 5.90. The van der Waals surface area contributed by atoms with Gasteiger partial charge in [-0.05, 0) is 51.0 Å². The summed E-state index contributed by atoms with van der Waals surface area (Å²) in [4.78, 5) is 8.65. The van der Waals surface area contributed by atoms with Gasteiger partial charge in [-0.2, -0.15) is 0 Å². The lowest BCUT2D eigenvalue weighted by molar-refractivity contribution is 0.254. The summed E-state index contributed by atoms with van der Waals surface area (Å²) in [6.07, 6.45) is 3.97. The zero-order valence-corrected chi connectivity index (χ0v) is 19.9. The number of guanidine groups is 1. The summed E-state index contributed by atoms with van der Waals surface area (Å²) in [7, 11) is 1.78. The molecule has 2 heterocycles. The maximum absolute atomic E-state index is 5.90. The van der Waals surface area contributed by atoms with Crippen LogP contribution in [0.25, 0.3) is 0 Å². The van der Waals surface area contributed by atoms with Gasteiger partial charge in [-0.25, -0.2) is 0 Å². The van der Waals surface area contributed by atoms with Gasteiger partial charge in [-0.15, -0.1) is 24.0 Å².